The van der Waals surface area contributed by atoms with Gasteiger partial charge in [-0.15, -0.1) is 0 Å². The number of likely N-dealkylation sites (N-methyl/N-ethyl adjacent to an activating group) is 1. The number of anilines is 1. The van der Waals surface area contributed by atoms with Crippen LogP contribution in [0.25, 0.3) is 11.1 Å². The Morgan fingerprint density at radius 1 is 1.00 bits per heavy atom. The molecule has 8 heteroatoms. The highest BCUT2D eigenvalue weighted by Gasteiger charge is 2.29. The number of aliphatic carboxylic acids is 1. The van der Waals surface area contributed by atoms with Crippen LogP contribution in [-0.2, 0) is 9.53 Å². The number of carboxylic acid groups (broad SMARTS) is 1. The normalized spacial score (nSPS) is 12.8. The monoisotopic (exact) mass is 474 g/mol. The molecule has 2 amide bonds. The van der Waals surface area contributed by atoms with Gasteiger partial charge in [-0.3, -0.25) is 10.1 Å². The van der Waals surface area contributed by atoms with E-state index in [0.717, 1.165) is 27.2 Å². The van der Waals surface area contributed by atoms with Gasteiger partial charge in [0.1, 0.15) is 18.4 Å². The van der Waals surface area contributed by atoms with Crippen LogP contribution in [0, 0.1) is 0 Å². The topological polar surface area (TPSA) is 105 Å². The summed E-state index contributed by atoms with van der Waals surface area (Å²) >= 11 is 0. The second-order valence-corrected chi connectivity index (χ2v) is 8.30. The first kappa shape index (κ1) is 23.8. The maximum absolute atomic E-state index is 12.7. The minimum absolute atomic E-state index is 0.0607. The van der Waals surface area contributed by atoms with E-state index < -0.39 is 24.0 Å². The molecule has 0 spiro atoms. The van der Waals surface area contributed by atoms with E-state index in [1.807, 2.05) is 36.4 Å². The van der Waals surface area contributed by atoms with Crippen molar-refractivity contribution in [3.63, 3.8) is 0 Å². The number of nitrogens with one attached hydrogen (secondary N) is 1. The highest BCUT2D eigenvalue weighted by molar-refractivity contribution is 5.99. The molecule has 8 nitrogen and oxygen atoms in total. The number of rotatable bonds is 7. The van der Waals surface area contributed by atoms with E-state index in [0.29, 0.717) is 5.69 Å². The maximum atomic E-state index is 12.7. The summed E-state index contributed by atoms with van der Waals surface area (Å²) in [6, 6.07) is 19.7. The van der Waals surface area contributed by atoms with Crippen molar-refractivity contribution in [1.29, 1.82) is 0 Å². The van der Waals surface area contributed by atoms with Crippen molar-refractivity contribution in [3.05, 3.63) is 83.4 Å². The number of hydrogen-bond donors (Lipinski definition) is 2. The number of fused-ring (bicyclic) bond motifs is 3. The molecule has 0 radical (unpaired) electrons. The molecule has 4 rings (SSSR count). The molecule has 0 saturated carbocycles. The van der Waals surface area contributed by atoms with Crippen molar-refractivity contribution < 1.29 is 29.0 Å². The van der Waals surface area contributed by atoms with Gasteiger partial charge in [0, 0.05) is 24.7 Å². The number of carboxylic acids is 1. The summed E-state index contributed by atoms with van der Waals surface area (Å²) in [6.07, 6.45) is -0.635. The molecule has 0 aromatic heterocycles. The smallest absolute Gasteiger partial charge is 0.411 e. The molecule has 1 aliphatic rings. The van der Waals surface area contributed by atoms with Gasteiger partial charge in [-0.25, -0.2) is 9.59 Å². The van der Waals surface area contributed by atoms with Gasteiger partial charge in [-0.1, -0.05) is 48.5 Å². The Hall–Kier alpha value is -4.33. The predicted octanol–water partition coefficient (Wildman–Crippen LogP) is 4.60. The lowest BCUT2D eigenvalue weighted by atomic mass is 9.98. The number of carbonyl (C=O) groups excluding carboxylic acids is 2. The second-order valence-electron chi connectivity index (χ2n) is 8.30. The zero-order valence-corrected chi connectivity index (χ0v) is 19.6. The number of ether oxygens (including phenoxy) is 2. The molecule has 0 fully saturated rings. The quantitative estimate of drug-likeness (QED) is 0.519. The molecule has 1 aliphatic carbocycles. The minimum atomic E-state index is -1.12. The Balaban J connectivity index is 1.45. The number of carbonyl (C=O) groups is 3. The molecule has 0 bridgehead atoms. The summed E-state index contributed by atoms with van der Waals surface area (Å²) in [6.45, 7) is 1.59. The van der Waals surface area contributed by atoms with Gasteiger partial charge in [0.2, 0.25) is 0 Å². The molecule has 0 saturated heterocycles. The summed E-state index contributed by atoms with van der Waals surface area (Å²) in [5.74, 6) is -1.48. The Morgan fingerprint density at radius 3 is 2.17 bits per heavy atom. The van der Waals surface area contributed by atoms with E-state index in [1.54, 1.807) is 0 Å². The lowest BCUT2D eigenvalue weighted by Crippen LogP contribution is -2.40. The molecular formula is C27H26N2O6. The molecular weight excluding hydrogens is 448 g/mol. The summed E-state index contributed by atoms with van der Waals surface area (Å²) in [4.78, 5) is 37.6. The van der Waals surface area contributed by atoms with Gasteiger partial charge in [0.05, 0.1) is 12.7 Å². The van der Waals surface area contributed by atoms with Crippen LogP contribution in [0.5, 0.6) is 5.75 Å². The largest absolute Gasteiger partial charge is 0.496 e. The molecule has 35 heavy (non-hydrogen) atoms. The fourth-order valence-corrected chi connectivity index (χ4v) is 4.23. The van der Waals surface area contributed by atoms with Crippen LogP contribution in [-0.4, -0.2) is 54.8 Å². The fourth-order valence-electron chi connectivity index (χ4n) is 4.23. The van der Waals surface area contributed by atoms with Crippen LogP contribution >= 0.6 is 0 Å². The third-order valence-electron chi connectivity index (χ3n) is 6.28. The third kappa shape index (κ3) is 4.68. The lowest BCUT2D eigenvalue weighted by molar-refractivity contribution is -0.141. The van der Waals surface area contributed by atoms with E-state index in [4.69, 9.17) is 14.6 Å². The van der Waals surface area contributed by atoms with E-state index >= 15 is 0 Å². The third-order valence-corrected chi connectivity index (χ3v) is 6.28. The first-order chi connectivity index (χ1) is 16.8. The van der Waals surface area contributed by atoms with Crippen LogP contribution < -0.4 is 10.1 Å². The number of amides is 2. The Bertz CT molecular complexity index is 1240. The fraction of sp³-hybridized carbons (Fsp3) is 0.222. The molecule has 3 aromatic carbocycles. The van der Waals surface area contributed by atoms with Crippen molar-refractivity contribution >= 4 is 23.7 Å². The first-order valence-corrected chi connectivity index (χ1v) is 11.1. The Kier molecular flexibility index (Phi) is 6.73. The average Bonchev–Trinajstić information content (AvgIpc) is 3.19. The number of benzene rings is 3. The van der Waals surface area contributed by atoms with Gasteiger partial charge in [0.25, 0.3) is 5.91 Å². The molecule has 1 atom stereocenters. The highest BCUT2D eigenvalue weighted by atomic mass is 16.5. The summed E-state index contributed by atoms with van der Waals surface area (Å²) in [5.41, 5.74) is 5.08. The van der Waals surface area contributed by atoms with Crippen LogP contribution in [0.1, 0.15) is 34.3 Å². The molecule has 180 valence electrons. The molecule has 0 aliphatic heterocycles. The van der Waals surface area contributed by atoms with E-state index in [2.05, 4.69) is 17.4 Å². The standard InChI is InChI=1S/C27H26N2O6/c1-16(26(31)32)29(2)25(30)22-13-12-17(14-24(22)34-3)28-27(33)35-15-23-20-10-6-4-8-18(20)19-9-5-7-11-21(19)23/h4-14,16,23H,15H2,1-3H3,(H,28,33)(H,31,32). The summed E-state index contributed by atoms with van der Waals surface area (Å²) in [7, 11) is 2.80. The number of methoxy groups -OCH3 is 1. The van der Waals surface area contributed by atoms with Crippen molar-refractivity contribution in [2.45, 2.75) is 18.9 Å². The second kappa shape index (κ2) is 9.89. The van der Waals surface area contributed by atoms with E-state index in [-0.39, 0.29) is 23.8 Å². The predicted molar refractivity (Wildman–Crippen MR) is 131 cm³/mol. The van der Waals surface area contributed by atoms with Crippen LogP contribution in [0.15, 0.2) is 66.7 Å². The van der Waals surface area contributed by atoms with Gasteiger partial charge in [0.15, 0.2) is 0 Å². The zero-order chi connectivity index (χ0) is 25.1. The number of nitrogens with zero attached hydrogens (tertiary/aromatic N) is 1. The Morgan fingerprint density at radius 2 is 1.60 bits per heavy atom. The zero-order valence-electron chi connectivity index (χ0n) is 19.6. The van der Waals surface area contributed by atoms with Gasteiger partial charge in [-0.2, -0.15) is 0 Å². The van der Waals surface area contributed by atoms with Crippen molar-refractivity contribution in [2.75, 3.05) is 26.1 Å². The SMILES string of the molecule is COc1cc(NC(=O)OCC2c3ccccc3-c3ccccc32)ccc1C(=O)N(C)C(C)C(=O)O. The van der Waals surface area contributed by atoms with Crippen LogP contribution in [0.4, 0.5) is 10.5 Å². The maximum Gasteiger partial charge on any atom is 0.411 e. The molecule has 1 unspecified atom stereocenters. The highest BCUT2D eigenvalue weighted by Crippen LogP contribution is 2.44. The minimum Gasteiger partial charge on any atom is -0.496 e. The Labute approximate surface area is 203 Å². The van der Waals surface area contributed by atoms with Gasteiger partial charge in [-0.05, 0) is 41.3 Å². The van der Waals surface area contributed by atoms with Gasteiger partial charge < -0.3 is 19.5 Å². The number of hydrogen-bond acceptors (Lipinski definition) is 5. The van der Waals surface area contributed by atoms with Crippen molar-refractivity contribution in [3.8, 4) is 16.9 Å². The average molecular weight is 475 g/mol. The van der Waals surface area contributed by atoms with E-state index in [9.17, 15) is 14.4 Å². The van der Waals surface area contributed by atoms with Crippen molar-refractivity contribution in [1.82, 2.24) is 4.90 Å². The first-order valence-electron chi connectivity index (χ1n) is 11.1. The van der Waals surface area contributed by atoms with Crippen LogP contribution in [0.3, 0.4) is 0 Å². The molecule has 3 aromatic rings. The van der Waals surface area contributed by atoms with Gasteiger partial charge >= 0.3 is 12.1 Å². The van der Waals surface area contributed by atoms with Crippen molar-refractivity contribution in [2.24, 2.45) is 0 Å². The van der Waals surface area contributed by atoms with E-state index in [1.165, 1.54) is 39.3 Å². The van der Waals surface area contributed by atoms with Crippen LogP contribution in [0.2, 0.25) is 0 Å². The summed E-state index contributed by atoms with van der Waals surface area (Å²) < 4.78 is 10.9. The summed E-state index contributed by atoms with van der Waals surface area (Å²) in [5, 5.41) is 11.8. The molecule has 0 heterocycles. The lowest BCUT2D eigenvalue weighted by Gasteiger charge is -2.22. The molecule has 2 N–H and O–H groups in total.